The van der Waals surface area contributed by atoms with Crippen molar-refractivity contribution in [2.45, 2.75) is 23.2 Å². The van der Waals surface area contributed by atoms with Crippen LogP contribution < -0.4 is 5.01 Å². The zero-order valence-electron chi connectivity index (χ0n) is 16.6. The second-order valence-corrected chi connectivity index (χ2v) is 7.65. The minimum absolute atomic E-state index is 0.00595. The van der Waals surface area contributed by atoms with E-state index in [0.717, 1.165) is 0 Å². The van der Waals surface area contributed by atoms with Gasteiger partial charge >= 0.3 is 12.1 Å². The number of aromatic nitrogens is 2. The van der Waals surface area contributed by atoms with Gasteiger partial charge in [0.05, 0.1) is 26.8 Å². The number of rotatable bonds is 5. The topological polar surface area (TPSA) is 115 Å². The van der Waals surface area contributed by atoms with Crippen molar-refractivity contribution < 1.29 is 27.3 Å². The quantitative estimate of drug-likeness (QED) is 0.291. The zero-order valence-corrected chi connectivity index (χ0v) is 17.4. The first-order chi connectivity index (χ1) is 15.6. The minimum Gasteiger partial charge on any atom is -0.407 e. The Hall–Kier alpha value is -4.00. The molecule has 33 heavy (non-hydrogen) atoms. The first-order valence-corrected chi connectivity index (χ1v) is 9.99. The van der Waals surface area contributed by atoms with Gasteiger partial charge in [0.2, 0.25) is 0 Å². The van der Waals surface area contributed by atoms with Crippen LogP contribution in [0.5, 0.6) is 0 Å². The van der Waals surface area contributed by atoms with Crippen LogP contribution in [0.1, 0.15) is 18.4 Å². The van der Waals surface area contributed by atoms with E-state index in [1.54, 1.807) is 37.3 Å². The number of halogens is 3. The number of benzene rings is 2. The van der Waals surface area contributed by atoms with Crippen LogP contribution in [0, 0.1) is 10.1 Å². The smallest absolute Gasteiger partial charge is 0.407 e. The molecule has 0 atom stereocenters. The van der Waals surface area contributed by atoms with Crippen LogP contribution in [0.25, 0.3) is 6.08 Å². The number of alkyl halides is 3. The SMILES string of the molecule is CC1=NN(c2ccccc2)C(=O)/C1=C\c1ccc(Sc2nnc(C(F)(F)F)o2)c([N+](=O)[O-])c1. The van der Waals surface area contributed by atoms with Crippen molar-refractivity contribution in [2.24, 2.45) is 5.10 Å². The van der Waals surface area contributed by atoms with E-state index in [1.165, 1.54) is 29.3 Å². The number of amides is 1. The number of carbonyl (C=O) groups is 1. The molecule has 3 aromatic rings. The summed E-state index contributed by atoms with van der Waals surface area (Å²) < 4.78 is 42.4. The fourth-order valence-corrected chi connectivity index (χ4v) is 3.67. The molecule has 1 aromatic heterocycles. The highest BCUT2D eigenvalue weighted by Crippen LogP contribution is 2.37. The first-order valence-electron chi connectivity index (χ1n) is 9.17. The number of nitrogens with zero attached hydrogens (tertiary/aromatic N) is 5. The predicted octanol–water partition coefficient (Wildman–Crippen LogP) is 4.95. The van der Waals surface area contributed by atoms with Gasteiger partial charge in [0, 0.05) is 6.07 Å². The molecule has 168 valence electrons. The highest BCUT2D eigenvalue weighted by atomic mass is 32.2. The molecule has 0 aliphatic carbocycles. The van der Waals surface area contributed by atoms with Crippen LogP contribution in [0.3, 0.4) is 0 Å². The van der Waals surface area contributed by atoms with E-state index in [4.69, 9.17) is 0 Å². The summed E-state index contributed by atoms with van der Waals surface area (Å²) in [7, 11) is 0. The molecule has 1 amide bonds. The Morgan fingerprint density at radius 2 is 1.88 bits per heavy atom. The third-order valence-corrected chi connectivity index (χ3v) is 5.30. The zero-order chi connectivity index (χ0) is 23.8. The Kier molecular flexibility index (Phi) is 5.72. The van der Waals surface area contributed by atoms with Crippen LogP contribution in [0.2, 0.25) is 0 Å². The van der Waals surface area contributed by atoms with Gasteiger partial charge in [0.25, 0.3) is 16.8 Å². The third-order valence-electron chi connectivity index (χ3n) is 4.40. The predicted molar refractivity (Wildman–Crippen MR) is 112 cm³/mol. The number of carbonyl (C=O) groups excluding carboxylic acids is 1. The number of hydrazone groups is 1. The number of nitro benzene ring substituents is 1. The van der Waals surface area contributed by atoms with Crippen molar-refractivity contribution in [3.8, 4) is 0 Å². The van der Waals surface area contributed by atoms with Gasteiger partial charge in [-0.2, -0.15) is 23.3 Å². The molecule has 9 nitrogen and oxygen atoms in total. The normalized spacial score (nSPS) is 15.3. The Labute approximate surface area is 187 Å². The van der Waals surface area contributed by atoms with Gasteiger partial charge in [-0.1, -0.05) is 24.3 Å². The van der Waals surface area contributed by atoms with Crippen LogP contribution in [-0.2, 0) is 11.0 Å². The molecule has 1 aliphatic rings. The lowest BCUT2D eigenvalue weighted by Gasteiger charge is -2.11. The van der Waals surface area contributed by atoms with E-state index in [2.05, 4.69) is 19.7 Å². The average molecular weight is 475 g/mol. The van der Waals surface area contributed by atoms with Crippen molar-refractivity contribution in [2.75, 3.05) is 5.01 Å². The number of para-hydroxylation sites is 1. The van der Waals surface area contributed by atoms with Crippen molar-refractivity contribution in [3.05, 3.63) is 75.7 Å². The number of hydrogen-bond acceptors (Lipinski definition) is 8. The molecular formula is C20H12F3N5O4S. The maximum atomic E-state index is 12.8. The minimum atomic E-state index is -4.82. The Morgan fingerprint density at radius 1 is 1.15 bits per heavy atom. The van der Waals surface area contributed by atoms with E-state index in [-0.39, 0.29) is 10.5 Å². The molecule has 0 saturated heterocycles. The van der Waals surface area contributed by atoms with Crippen LogP contribution >= 0.6 is 11.8 Å². The van der Waals surface area contributed by atoms with E-state index < -0.39 is 33.8 Å². The standard InChI is InChI=1S/C20H12F3N5O4S/c1-11-14(17(29)27(26-11)13-5-3-2-4-6-13)9-12-7-8-16(15(10-12)28(30)31)33-19-25-24-18(32-19)20(21,22)23/h2-10H,1H3/b14-9-. The Morgan fingerprint density at radius 3 is 2.52 bits per heavy atom. The summed E-state index contributed by atoms with van der Waals surface area (Å²) in [6, 6.07) is 12.8. The molecule has 2 aromatic carbocycles. The Bertz CT molecular complexity index is 1300. The average Bonchev–Trinajstić information content (AvgIpc) is 3.35. The molecular weight excluding hydrogens is 463 g/mol. The summed E-state index contributed by atoms with van der Waals surface area (Å²) in [5, 5.41) is 22.7. The fourth-order valence-electron chi connectivity index (χ4n) is 2.91. The van der Waals surface area contributed by atoms with E-state index in [0.29, 0.717) is 28.7 Å². The molecule has 2 heterocycles. The number of nitro groups is 1. The van der Waals surface area contributed by atoms with Gasteiger partial charge in [-0.25, -0.2) is 0 Å². The molecule has 0 unspecified atom stereocenters. The first kappa shape index (κ1) is 22.2. The summed E-state index contributed by atoms with van der Waals surface area (Å²) in [6.45, 7) is 1.64. The summed E-state index contributed by atoms with van der Waals surface area (Å²) in [6.07, 6.45) is -3.37. The van der Waals surface area contributed by atoms with E-state index in [9.17, 15) is 28.1 Å². The van der Waals surface area contributed by atoms with Gasteiger partial charge < -0.3 is 4.42 Å². The van der Waals surface area contributed by atoms with Gasteiger partial charge in [-0.3, -0.25) is 14.9 Å². The van der Waals surface area contributed by atoms with Gasteiger partial charge in [0.15, 0.2) is 0 Å². The van der Waals surface area contributed by atoms with Crippen molar-refractivity contribution in [1.29, 1.82) is 0 Å². The van der Waals surface area contributed by atoms with Crippen LogP contribution in [-0.4, -0.2) is 26.7 Å². The second-order valence-electron chi connectivity index (χ2n) is 6.65. The fraction of sp³-hybridized carbons (Fsp3) is 0.100. The van der Waals surface area contributed by atoms with E-state index >= 15 is 0 Å². The highest BCUT2D eigenvalue weighted by Gasteiger charge is 2.38. The molecule has 0 spiro atoms. The van der Waals surface area contributed by atoms with Crippen molar-refractivity contribution in [1.82, 2.24) is 10.2 Å². The van der Waals surface area contributed by atoms with Gasteiger partial charge in [-0.05, 0) is 48.5 Å². The summed E-state index contributed by atoms with van der Waals surface area (Å²) in [5.74, 6) is -1.95. The summed E-state index contributed by atoms with van der Waals surface area (Å²) >= 11 is 0.528. The second kappa shape index (κ2) is 8.50. The van der Waals surface area contributed by atoms with E-state index in [1.807, 2.05) is 0 Å². The summed E-state index contributed by atoms with van der Waals surface area (Å²) in [5.41, 5.74) is 1.18. The monoisotopic (exact) mass is 475 g/mol. The maximum absolute atomic E-state index is 12.8. The molecule has 0 bridgehead atoms. The molecule has 4 rings (SSSR count). The largest absolute Gasteiger partial charge is 0.470 e. The Balaban J connectivity index is 1.62. The molecule has 1 aliphatic heterocycles. The lowest BCUT2D eigenvalue weighted by Crippen LogP contribution is -2.21. The lowest BCUT2D eigenvalue weighted by molar-refractivity contribution is -0.387. The molecule has 0 fully saturated rings. The van der Waals surface area contributed by atoms with Crippen LogP contribution in [0.4, 0.5) is 24.5 Å². The molecule has 0 N–H and O–H groups in total. The molecule has 0 radical (unpaired) electrons. The molecule has 13 heteroatoms. The highest BCUT2D eigenvalue weighted by molar-refractivity contribution is 7.99. The number of anilines is 1. The molecule has 0 saturated carbocycles. The lowest BCUT2D eigenvalue weighted by atomic mass is 10.1. The summed E-state index contributed by atoms with van der Waals surface area (Å²) in [4.78, 5) is 23.7. The van der Waals surface area contributed by atoms with Crippen molar-refractivity contribution in [3.63, 3.8) is 0 Å². The van der Waals surface area contributed by atoms with Crippen LogP contribution in [0.15, 0.2) is 73.7 Å². The van der Waals surface area contributed by atoms with Gasteiger partial charge in [0.1, 0.15) is 0 Å². The van der Waals surface area contributed by atoms with Crippen molar-refractivity contribution >= 4 is 40.8 Å². The number of hydrogen-bond donors (Lipinski definition) is 0. The maximum Gasteiger partial charge on any atom is 0.470 e. The third kappa shape index (κ3) is 4.62. The van der Waals surface area contributed by atoms with Gasteiger partial charge in [-0.15, -0.1) is 10.2 Å².